The number of hydrogen-bond acceptors (Lipinski definition) is 4. The van der Waals surface area contributed by atoms with Gasteiger partial charge in [-0.3, -0.25) is 14.5 Å². The van der Waals surface area contributed by atoms with Gasteiger partial charge in [-0.15, -0.1) is 0 Å². The Hall–Kier alpha value is -1.93. The fourth-order valence-electron chi connectivity index (χ4n) is 4.97. The zero-order chi connectivity index (χ0) is 23.5. The van der Waals surface area contributed by atoms with Crippen molar-refractivity contribution in [3.05, 3.63) is 29.3 Å². The van der Waals surface area contributed by atoms with Gasteiger partial charge in [-0.05, 0) is 63.8 Å². The summed E-state index contributed by atoms with van der Waals surface area (Å²) in [4.78, 5) is 28.6. The summed E-state index contributed by atoms with van der Waals surface area (Å²) < 4.78 is 26.5. The average molecular weight is 464 g/mol. The molecule has 1 aliphatic carbocycles. The van der Waals surface area contributed by atoms with Gasteiger partial charge in [-0.25, -0.2) is 8.42 Å². The predicted octanol–water partition coefficient (Wildman–Crippen LogP) is 3.29. The van der Waals surface area contributed by atoms with Gasteiger partial charge >= 0.3 is 0 Å². The Balaban J connectivity index is 1.98. The Morgan fingerprint density at radius 1 is 1.06 bits per heavy atom. The van der Waals surface area contributed by atoms with Crippen LogP contribution >= 0.6 is 0 Å². The summed E-state index contributed by atoms with van der Waals surface area (Å²) in [6.07, 6.45) is 7.53. The molecule has 0 bridgehead atoms. The quantitative estimate of drug-likeness (QED) is 0.726. The number of carbonyl (C=O) groups excluding carboxylic acids is 2. The number of sulfonamides is 1. The zero-order valence-corrected chi connectivity index (χ0v) is 20.6. The van der Waals surface area contributed by atoms with Gasteiger partial charge < -0.3 is 5.32 Å². The number of aryl methyl sites for hydroxylation is 2. The van der Waals surface area contributed by atoms with Crippen LogP contribution in [0.4, 0.5) is 5.69 Å². The maximum Gasteiger partial charge on any atom is 0.247 e. The Morgan fingerprint density at radius 2 is 1.62 bits per heavy atom. The summed E-state index contributed by atoms with van der Waals surface area (Å²) in [5.74, 6) is -0.773. The van der Waals surface area contributed by atoms with Crippen LogP contribution in [0.15, 0.2) is 18.2 Å². The number of nitrogens with one attached hydrogen (secondary N) is 1. The molecule has 1 atom stereocenters. The fraction of sp³-hybridized carbons (Fsp3) is 0.667. The SMILES string of the molecule is CCS(=O)(=O)N1CC(=O)N(c2cc(C)cc(C)c2)C(C)(C(=O)NC2CCCCCCC2)C1. The molecule has 1 aromatic carbocycles. The van der Waals surface area contributed by atoms with E-state index in [9.17, 15) is 18.0 Å². The highest BCUT2D eigenvalue weighted by Crippen LogP contribution is 2.32. The van der Waals surface area contributed by atoms with E-state index in [-0.39, 0.29) is 36.7 Å². The van der Waals surface area contributed by atoms with E-state index in [1.807, 2.05) is 32.0 Å². The standard InChI is InChI=1S/C24H37N3O4S/c1-5-32(30,31)26-16-22(28)27(21-14-18(2)13-19(3)15-21)24(4,17-26)23(29)25-20-11-9-7-6-8-10-12-20/h13-15,20H,5-12,16-17H2,1-4H3,(H,25,29). The Morgan fingerprint density at radius 3 is 2.19 bits per heavy atom. The third kappa shape index (κ3) is 5.34. The van der Waals surface area contributed by atoms with Crippen molar-refractivity contribution in [3.8, 4) is 0 Å². The van der Waals surface area contributed by atoms with Crippen LogP contribution < -0.4 is 10.2 Å². The summed E-state index contributed by atoms with van der Waals surface area (Å²) in [5, 5.41) is 3.18. The largest absolute Gasteiger partial charge is 0.351 e. The minimum Gasteiger partial charge on any atom is -0.351 e. The lowest BCUT2D eigenvalue weighted by Crippen LogP contribution is -2.71. The second-order valence-corrected chi connectivity index (χ2v) is 11.8. The molecular weight excluding hydrogens is 426 g/mol. The molecule has 1 unspecified atom stereocenters. The first-order chi connectivity index (χ1) is 15.1. The van der Waals surface area contributed by atoms with Crippen molar-refractivity contribution in [3.63, 3.8) is 0 Å². The molecule has 1 saturated heterocycles. The van der Waals surface area contributed by atoms with Gasteiger partial charge in [0.25, 0.3) is 0 Å². The smallest absolute Gasteiger partial charge is 0.247 e. The van der Waals surface area contributed by atoms with Gasteiger partial charge in [0.2, 0.25) is 21.8 Å². The van der Waals surface area contributed by atoms with Gasteiger partial charge in [0, 0.05) is 18.3 Å². The van der Waals surface area contributed by atoms with Crippen molar-refractivity contribution in [1.29, 1.82) is 0 Å². The van der Waals surface area contributed by atoms with E-state index in [0.29, 0.717) is 5.69 Å². The number of anilines is 1. The van der Waals surface area contributed by atoms with Crippen molar-refractivity contribution in [2.75, 3.05) is 23.7 Å². The molecule has 2 fully saturated rings. The maximum absolute atomic E-state index is 13.7. The summed E-state index contributed by atoms with van der Waals surface area (Å²) in [5.41, 5.74) is 1.27. The molecule has 1 aromatic rings. The normalized spacial score (nSPS) is 24.1. The first-order valence-electron chi connectivity index (χ1n) is 11.8. The number of carbonyl (C=O) groups is 2. The number of rotatable bonds is 5. The molecule has 0 aromatic heterocycles. The van der Waals surface area contributed by atoms with Crippen LogP contribution in [0.5, 0.6) is 0 Å². The second kappa shape index (κ2) is 9.91. The van der Waals surface area contributed by atoms with E-state index >= 15 is 0 Å². The van der Waals surface area contributed by atoms with Crippen LogP contribution in [0, 0.1) is 13.8 Å². The summed E-state index contributed by atoms with van der Waals surface area (Å²) in [6.45, 7) is 6.84. The lowest BCUT2D eigenvalue weighted by Gasteiger charge is -2.47. The minimum atomic E-state index is -3.62. The van der Waals surface area contributed by atoms with Crippen LogP contribution in [0.25, 0.3) is 0 Å². The molecule has 2 aliphatic rings. The van der Waals surface area contributed by atoms with Gasteiger partial charge in [0.1, 0.15) is 5.54 Å². The molecular formula is C24H37N3O4S. The first kappa shape index (κ1) is 24.7. The third-order valence-electron chi connectivity index (χ3n) is 6.69. The summed E-state index contributed by atoms with van der Waals surface area (Å²) in [7, 11) is -3.62. The van der Waals surface area contributed by atoms with Crippen LogP contribution in [-0.2, 0) is 19.6 Å². The van der Waals surface area contributed by atoms with Crippen molar-refractivity contribution in [2.45, 2.75) is 84.2 Å². The van der Waals surface area contributed by atoms with E-state index in [0.717, 1.165) is 36.8 Å². The van der Waals surface area contributed by atoms with E-state index in [4.69, 9.17) is 0 Å². The fourth-order valence-corrected chi connectivity index (χ4v) is 6.09. The highest BCUT2D eigenvalue weighted by Gasteiger charge is 2.51. The molecule has 7 nitrogen and oxygen atoms in total. The van der Waals surface area contributed by atoms with E-state index < -0.39 is 15.6 Å². The van der Waals surface area contributed by atoms with Crippen molar-refractivity contribution in [2.24, 2.45) is 0 Å². The topological polar surface area (TPSA) is 86.8 Å². The maximum atomic E-state index is 13.7. The number of amides is 2. The summed E-state index contributed by atoms with van der Waals surface area (Å²) in [6, 6.07) is 5.83. The van der Waals surface area contributed by atoms with Crippen LogP contribution in [0.1, 0.15) is 69.9 Å². The highest BCUT2D eigenvalue weighted by molar-refractivity contribution is 7.89. The molecule has 8 heteroatoms. The Kier molecular flexibility index (Phi) is 7.65. The Labute approximate surface area is 192 Å². The molecule has 0 radical (unpaired) electrons. The Bertz CT molecular complexity index is 934. The highest BCUT2D eigenvalue weighted by atomic mass is 32.2. The zero-order valence-electron chi connectivity index (χ0n) is 19.8. The third-order valence-corrected chi connectivity index (χ3v) is 8.47. The molecule has 1 heterocycles. The first-order valence-corrected chi connectivity index (χ1v) is 13.4. The second-order valence-electron chi connectivity index (χ2n) is 9.53. The molecule has 1 N–H and O–H groups in total. The van der Waals surface area contributed by atoms with Gasteiger partial charge in [-0.1, -0.05) is 38.2 Å². The minimum absolute atomic E-state index is 0.0500. The van der Waals surface area contributed by atoms with Crippen molar-refractivity contribution in [1.82, 2.24) is 9.62 Å². The predicted molar refractivity (Wildman–Crippen MR) is 127 cm³/mol. The molecule has 1 aliphatic heterocycles. The number of hydrogen-bond donors (Lipinski definition) is 1. The molecule has 1 saturated carbocycles. The van der Waals surface area contributed by atoms with Crippen LogP contribution in [-0.4, -0.2) is 55.0 Å². The molecule has 3 rings (SSSR count). The van der Waals surface area contributed by atoms with E-state index in [1.165, 1.54) is 28.5 Å². The van der Waals surface area contributed by atoms with Crippen LogP contribution in [0.2, 0.25) is 0 Å². The monoisotopic (exact) mass is 463 g/mol. The van der Waals surface area contributed by atoms with Gasteiger partial charge in [-0.2, -0.15) is 4.31 Å². The van der Waals surface area contributed by atoms with Gasteiger partial charge in [0.15, 0.2) is 0 Å². The van der Waals surface area contributed by atoms with E-state index in [2.05, 4.69) is 5.32 Å². The number of benzene rings is 1. The molecule has 0 spiro atoms. The van der Waals surface area contributed by atoms with Gasteiger partial charge in [0.05, 0.1) is 12.3 Å². The summed E-state index contributed by atoms with van der Waals surface area (Å²) >= 11 is 0. The van der Waals surface area contributed by atoms with Crippen LogP contribution in [0.3, 0.4) is 0 Å². The lowest BCUT2D eigenvalue weighted by molar-refractivity contribution is -0.133. The number of piperazine rings is 1. The van der Waals surface area contributed by atoms with Crippen molar-refractivity contribution < 1.29 is 18.0 Å². The average Bonchev–Trinajstić information content (AvgIpc) is 2.68. The van der Waals surface area contributed by atoms with E-state index in [1.54, 1.807) is 13.8 Å². The number of nitrogens with zero attached hydrogens (tertiary/aromatic N) is 2. The molecule has 32 heavy (non-hydrogen) atoms. The molecule has 2 amide bonds. The lowest BCUT2D eigenvalue weighted by atomic mass is 9.91. The van der Waals surface area contributed by atoms with Crippen molar-refractivity contribution >= 4 is 27.5 Å². The molecule has 178 valence electrons.